The summed E-state index contributed by atoms with van der Waals surface area (Å²) in [5, 5.41) is 3.67. The van der Waals surface area contributed by atoms with Gasteiger partial charge < -0.3 is 4.52 Å². The van der Waals surface area contributed by atoms with Crippen LogP contribution in [0, 0.1) is 6.92 Å². The van der Waals surface area contributed by atoms with E-state index in [4.69, 9.17) is 4.52 Å². The Morgan fingerprint density at radius 1 is 1.27 bits per heavy atom. The van der Waals surface area contributed by atoms with E-state index in [9.17, 15) is 8.42 Å². The molecule has 0 unspecified atom stereocenters. The van der Waals surface area contributed by atoms with E-state index in [1.165, 1.54) is 5.56 Å². The molecule has 3 rings (SSSR count). The largest absolute Gasteiger partial charge is 0.339 e. The Morgan fingerprint density at radius 2 is 2.09 bits per heavy atom. The number of aryl methyl sites for hydroxylation is 2. The number of allylic oxidation sites excluding steroid dienone is 1. The maximum absolute atomic E-state index is 12.3. The Hall–Kier alpha value is -1.99. The van der Waals surface area contributed by atoms with Crippen molar-refractivity contribution < 1.29 is 12.9 Å². The third-order valence-electron chi connectivity index (χ3n) is 3.56. The highest BCUT2D eigenvalue weighted by atomic mass is 32.2. The van der Waals surface area contributed by atoms with E-state index >= 15 is 0 Å². The van der Waals surface area contributed by atoms with E-state index in [1.807, 2.05) is 24.3 Å². The quantitative estimate of drug-likeness (QED) is 0.908. The molecule has 0 aliphatic heterocycles. The molecular weight excluding hydrogens is 302 g/mol. The van der Waals surface area contributed by atoms with Crippen LogP contribution in [0.3, 0.4) is 0 Å². The fraction of sp³-hybridized carbons (Fsp3) is 0.333. The number of aromatic nitrogens is 2. The molecule has 0 bridgehead atoms. The SMILES string of the molecule is Cc1noc(CCNS(=O)(=O)C2=Cc3ccccc3CC2)n1. The predicted molar refractivity (Wildman–Crippen MR) is 82.4 cm³/mol. The van der Waals surface area contributed by atoms with Crippen LogP contribution in [0.1, 0.15) is 29.3 Å². The van der Waals surface area contributed by atoms with E-state index < -0.39 is 10.0 Å². The fourth-order valence-electron chi connectivity index (χ4n) is 2.44. The minimum atomic E-state index is -3.47. The van der Waals surface area contributed by atoms with Gasteiger partial charge in [0.25, 0.3) is 0 Å². The van der Waals surface area contributed by atoms with Gasteiger partial charge in [0.1, 0.15) is 0 Å². The van der Waals surface area contributed by atoms with Crippen LogP contribution in [0.25, 0.3) is 6.08 Å². The lowest BCUT2D eigenvalue weighted by molar-refractivity contribution is 0.375. The highest BCUT2D eigenvalue weighted by molar-refractivity contribution is 7.93. The number of hydrogen-bond acceptors (Lipinski definition) is 5. The van der Waals surface area contributed by atoms with Gasteiger partial charge in [-0.2, -0.15) is 4.98 Å². The van der Waals surface area contributed by atoms with Gasteiger partial charge in [-0.3, -0.25) is 0 Å². The van der Waals surface area contributed by atoms with Gasteiger partial charge >= 0.3 is 0 Å². The zero-order valence-electron chi connectivity index (χ0n) is 12.2. The molecule has 0 fully saturated rings. The molecular formula is C15H17N3O3S. The maximum atomic E-state index is 12.3. The summed E-state index contributed by atoms with van der Waals surface area (Å²) in [6.07, 6.45) is 3.39. The number of fused-ring (bicyclic) bond motifs is 1. The first-order valence-electron chi connectivity index (χ1n) is 7.12. The third kappa shape index (κ3) is 3.26. The number of hydrogen-bond donors (Lipinski definition) is 1. The monoisotopic (exact) mass is 319 g/mol. The van der Waals surface area contributed by atoms with Crippen molar-refractivity contribution in [2.24, 2.45) is 0 Å². The van der Waals surface area contributed by atoms with Crippen molar-refractivity contribution in [2.75, 3.05) is 6.54 Å². The van der Waals surface area contributed by atoms with Crippen LogP contribution in [0.5, 0.6) is 0 Å². The standard InChI is InChI=1S/C15H17N3O3S/c1-11-17-15(21-18-11)8-9-16-22(19,20)14-7-6-12-4-2-3-5-13(12)10-14/h2-5,10,16H,6-9H2,1H3. The van der Waals surface area contributed by atoms with E-state index in [1.54, 1.807) is 13.0 Å². The zero-order chi connectivity index (χ0) is 15.6. The van der Waals surface area contributed by atoms with Crippen LogP contribution < -0.4 is 4.72 Å². The molecule has 0 saturated carbocycles. The van der Waals surface area contributed by atoms with Crippen LogP contribution >= 0.6 is 0 Å². The number of nitrogens with one attached hydrogen (secondary N) is 1. The van der Waals surface area contributed by atoms with E-state index in [0.29, 0.717) is 29.5 Å². The topological polar surface area (TPSA) is 85.1 Å². The summed E-state index contributed by atoms with van der Waals surface area (Å²) in [5.74, 6) is 0.979. The van der Waals surface area contributed by atoms with Crippen molar-refractivity contribution in [3.63, 3.8) is 0 Å². The fourth-order valence-corrected chi connectivity index (χ4v) is 3.65. The van der Waals surface area contributed by atoms with Gasteiger partial charge in [0.15, 0.2) is 5.82 Å². The number of nitrogens with zero attached hydrogens (tertiary/aromatic N) is 2. The van der Waals surface area contributed by atoms with Gasteiger partial charge in [-0.25, -0.2) is 13.1 Å². The molecule has 0 radical (unpaired) electrons. The molecule has 1 aromatic heterocycles. The number of benzene rings is 1. The second kappa shape index (κ2) is 6.02. The van der Waals surface area contributed by atoms with Crippen molar-refractivity contribution >= 4 is 16.1 Å². The van der Waals surface area contributed by atoms with Crippen LogP contribution in [-0.2, 0) is 22.9 Å². The van der Waals surface area contributed by atoms with Crippen LogP contribution in [0.2, 0.25) is 0 Å². The molecule has 7 heteroatoms. The molecule has 1 heterocycles. The van der Waals surface area contributed by atoms with E-state index in [-0.39, 0.29) is 6.54 Å². The highest BCUT2D eigenvalue weighted by Crippen LogP contribution is 2.26. The van der Waals surface area contributed by atoms with Gasteiger partial charge in [-0.1, -0.05) is 29.4 Å². The van der Waals surface area contributed by atoms with Crippen molar-refractivity contribution in [3.05, 3.63) is 52.0 Å². The van der Waals surface area contributed by atoms with Gasteiger partial charge in [0, 0.05) is 13.0 Å². The average molecular weight is 319 g/mol. The summed E-state index contributed by atoms with van der Waals surface area (Å²) >= 11 is 0. The Bertz CT molecular complexity index is 809. The minimum Gasteiger partial charge on any atom is -0.339 e. The molecule has 22 heavy (non-hydrogen) atoms. The molecule has 1 N–H and O–H groups in total. The lowest BCUT2D eigenvalue weighted by Crippen LogP contribution is -2.28. The number of sulfonamides is 1. The molecule has 0 saturated heterocycles. The molecule has 1 aliphatic carbocycles. The molecule has 6 nitrogen and oxygen atoms in total. The van der Waals surface area contributed by atoms with Crippen LogP contribution in [0.15, 0.2) is 33.7 Å². The molecule has 1 aliphatic rings. The maximum Gasteiger partial charge on any atom is 0.236 e. The van der Waals surface area contributed by atoms with Gasteiger partial charge in [-0.15, -0.1) is 0 Å². The molecule has 2 aromatic rings. The molecule has 1 aromatic carbocycles. The lowest BCUT2D eigenvalue weighted by atomic mass is 9.98. The second-order valence-electron chi connectivity index (χ2n) is 5.19. The smallest absolute Gasteiger partial charge is 0.236 e. The first-order valence-corrected chi connectivity index (χ1v) is 8.60. The highest BCUT2D eigenvalue weighted by Gasteiger charge is 2.21. The average Bonchev–Trinajstić information content (AvgIpc) is 2.92. The van der Waals surface area contributed by atoms with Gasteiger partial charge in [0.05, 0.1) is 4.91 Å². The predicted octanol–water partition coefficient (Wildman–Crippen LogP) is 1.83. The van der Waals surface area contributed by atoms with Crippen molar-refractivity contribution in [2.45, 2.75) is 26.2 Å². The summed E-state index contributed by atoms with van der Waals surface area (Å²) in [4.78, 5) is 4.47. The Morgan fingerprint density at radius 3 is 2.86 bits per heavy atom. The van der Waals surface area contributed by atoms with E-state index in [2.05, 4.69) is 14.9 Å². The van der Waals surface area contributed by atoms with Crippen LogP contribution in [-0.4, -0.2) is 25.1 Å². The summed E-state index contributed by atoms with van der Waals surface area (Å²) < 4.78 is 32.2. The number of rotatable bonds is 5. The third-order valence-corrected chi connectivity index (χ3v) is 5.15. The zero-order valence-corrected chi connectivity index (χ0v) is 13.1. The first kappa shape index (κ1) is 14.9. The Labute approximate surface area is 129 Å². The van der Waals surface area contributed by atoms with Crippen molar-refractivity contribution in [1.29, 1.82) is 0 Å². The molecule has 0 atom stereocenters. The Kier molecular flexibility index (Phi) is 4.08. The molecule has 0 spiro atoms. The van der Waals surface area contributed by atoms with Gasteiger partial charge in [0.2, 0.25) is 15.9 Å². The van der Waals surface area contributed by atoms with E-state index in [0.717, 1.165) is 12.0 Å². The lowest BCUT2D eigenvalue weighted by Gasteiger charge is -2.16. The van der Waals surface area contributed by atoms with Gasteiger partial charge in [-0.05, 0) is 37.0 Å². The molecule has 0 amide bonds. The van der Waals surface area contributed by atoms with Crippen LogP contribution in [0.4, 0.5) is 0 Å². The summed E-state index contributed by atoms with van der Waals surface area (Å²) in [7, 11) is -3.47. The Balaban J connectivity index is 1.67. The summed E-state index contributed by atoms with van der Waals surface area (Å²) in [6.45, 7) is 1.96. The summed E-state index contributed by atoms with van der Waals surface area (Å²) in [5.41, 5.74) is 2.16. The summed E-state index contributed by atoms with van der Waals surface area (Å²) in [6, 6.07) is 7.85. The minimum absolute atomic E-state index is 0.239. The second-order valence-corrected chi connectivity index (χ2v) is 7.01. The molecule has 116 valence electrons. The van der Waals surface area contributed by atoms with Crippen molar-refractivity contribution in [3.8, 4) is 0 Å². The normalized spacial score (nSPS) is 14.5. The first-order chi connectivity index (χ1) is 10.5. The van der Waals surface area contributed by atoms with Crippen molar-refractivity contribution in [1.82, 2.24) is 14.9 Å².